The standard InChI is InChI=1S/C30H34O18/c1-10(31)43-8-17-20(35)23(38)25(40)29(46-17)44-9-18-21(36)24(39)26(41)30(47-18)48-28-22(37)19-14(34)6-12(32)7-16(19)45-27(28)11-3-4-13(33)15(5-11)42-2/h3-7,17-18,20-21,23-26,29-30,32-36,38-41H,8-9H2,1-2H3/t17?,18?,20-,21+,23?,24?,25-,26?,29-,30+/m1/s1. The first-order valence-corrected chi connectivity index (χ1v) is 14.4. The number of hydrogen-bond donors (Lipinski definition) is 9. The molecule has 48 heavy (non-hydrogen) atoms. The third kappa shape index (κ3) is 6.83. The molecule has 10 atom stereocenters. The minimum Gasteiger partial charge on any atom is -0.508 e. The molecule has 5 rings (SSSR count). The Hall–Kier alpha value is -4.24. The highest BCUT2D eigenvalue weighted by Gasteiger charge is 2.48. The Kier molecular flexibility index (Phi) is 10.3. The summed E-state index contributed by atoms with van der Waals surface area (Å²) >= 11 is 0. The van der Waals surface area contributed by atoms with Gasteiger partial charge in [-0.1, -0.05) is 0 Å². The second-order valence-corrected chi connectivity index (χ2v) is 11.1. The molecule has 0 aliphatic carbocycles. The molecule has 262 valence electrons. The number of carbonyl (C=O) groups is 1. The Morgan fingerprint density at radius 3 is 2.06 bits per heavy atom. The topological polar surface area (TPSA) is 285 Å². The van der Waals surface area contributed by atoms with E-state index in [0.717, 1.165) is 19.1 Å². The molecular weight excluding hydrogens is 648 g/mol. The van der Waals surface area contributed by atoms with Crippen molar-refractivity contribution in [1.82, 2.24) is 0 Å². The van der Waals surface area contributed by atoms with Gasteiger partial charge in [0, 0.05) is 24.6 Å². The van der Waals surface area contributed by atoms with Gasteiger partial charge in [0.1, 0.15) is 77.9 Å². The van der Waals surface area contributed by atoms with Crippen molar-refractivity contribution in [1.29, 1.82) is 0 Å². The molecule has 9 N–H and O–H groups in total. The van der Waals surface area contributed by atoms with Crippen molar-refractivity contribution in [3.63, 3.8) is 0 Å². The molecule has 0 bridgehead atoms. The first kappa shape index (κ1) is 35.1. The molecule has 3 aromatic rings. The summed E-state index contributed by atoms with van der Waals surface area (Å²) in [5.74, 6) is -3.14. The maximum absolute atomic E-state index is 13.7. The monoisotopic (exact) mass is 682 g/mol. The summed E-state index contributed by atoms with van der Waals surface area (Å²) < 4.78 is 38.1. The van der Waals surface area contributed by atoms with Crippen molar-refractivity contribution in [2.45, 2.75) is 68.3 Å². The quantitative estimate of drug-likeness (QED) is 0.112. The fourth-order valence-electron chi connectivity index (χ4n) is 5.23. The van der Waals surface area contributed by atoms with E-state index in [9.17, 15) is 55.5 Å². The average molecular weight is 683 g/mol. The van der Waals surface area contributed by atoms with Crippen LogP contribution in [0, 0.1) is 0 Å². The van der Waals surface area contributed by atoms with E-state index in [-0.39, 0.29) is 28.4 Å². The van der Waals surface area contributed by atoms with Gasteiger partial charge in [0.25, 0.3) is 0 Å². The fourth-order valence-corrected chi connectivity index (χ4v) is 5.23. The van der Waals surface area contributed by atoms with E-state index in [1.807, 2.05) is 0 Å². The summed E-state index contributed by atoms with van der Waals surface area (Å²) in [6.07, 6.45) is -17.5. The number of hydrogen-bond acceptors (Lipinski definition) is 18. The van der Waals surface area contributed by atoms with Gasteiger partial charge in [0.05, 0.1) is 13.7 Å². The highest BCUT2D eigenvalue weighted by atomic mass is 16.7. The summed E-state index contributed by atoms with van der Waals surface area (Å²) in [7, 11) is 1.27. The van der Waals surface area contributed by atoms with E-state index in [1.54, 1.807) is 0 Å². The van der Waals surface area contributed by atoms with Gasteiger partial charge >= 0.3 is 5.97 Å². The van der Waals surface area contributed by atoms with Crippen LogP contribution in [0.5, 0.6) is 28.7 Å². The molecule has 0 amide bonds. The maximum Gasteiger partial charge on any atom is 0.302 e. The highest BCUT2D eigenvalue weighted by Crippen LogP contribution is 2.39. The van der Waals surface area contributed by atoms with Crippen LogP contribution in [0.1, 0.15) is 6.92 Å². The predicted octanol–water partition coefficient (Wildman–Crippen LogP) is -1.84. The van der Waals surface area contributed by atoms with Crippen molar-refractivity contribution in [2.75, 3.05) is 20.3 Å². The maximum atomic E-state index is 13.7. The third-order valence-electron chi connectivity index (χ3n) is 7.81. The first-order chi connectivity index (χ1) is 22.7. The zero-order valence-corrected chi connectivity index (χ0v) is 25.3. The predicted molar refractivity (Wildman–Crippen MR) is 156 cm³/mol. The van der Waals surface area contributed by atoms with E-state index in [4.69, 9.17) is 32.8 Å². The largest absolute Gasteiger partial charge is 0.508 e. The van der Waals surface area contributed by atoms with Crippen molar-refractivity contribution in [2.24, 2.45) is 0 Å². The van der Waals surface area contributed by atoms with Crippen molar-refractivity contribution in [3.05, 3.63) is 40.6 Å². The number of esters is 1. The molecule has 2 aliphatic rings. The molecule has 18 nitrogen and oxygen atoms in total. The second-order valence-electron chi connectivity index (χ2n) is 11.1. The Labute approximate surface area is 270 Å². The zero-order valence-electron chi connectivity index (χ0n) is 25.3. The van der Waals surface area contributed by atoms with Gasteiger partial charge in [-0.3, -0.25) is 9.59 Å². The molecular formula is C30H34O18. The number of benzene rings is 2. The molecule has 2 saturated heterocycles. The first-order valence-electron chi connectivity index (χ1n) is 14.4. The normalized spacial score (nSPS) is 30.6. The molecule has 2 aromatic carbocycles. The van der Waals surface area contributed by atoms with Crippen LogP contribution in [0.15, 0.2) is 39.5 Å². The number of phenols is 3. The van der Waals surface area contributed by atoms with Crippen LogP contribution in [0.2, 0.25) is 0 Å². The van der Waals surface area contributed by atoms with E-state index in [2.05, 4.69) is 0 Å². The van der Waals surface area contributed by atoms with Gasteiger partial charge in [-0.25, -0.2) is 0 Å². The lowest BCUT2D eigenvalue weighted by molar-refractivity contribution is -0.323. The lowest BCUT2D eigenvalue weighted by Gasteiger charge is -2.42. The lowest BCUT2D eigenvalue weighted by atomic mass is 9.98. The number of carbonyl (C=O) groups excluding carboxylic acids is 1. The zero-order chi connectivity index (χ0) is 35.0. The highest BCUT2D eigenvalue weighted by molar-refractivity contribution is 5.88. The van der Waals surface area contributed by atoms with Gasteiger partial charge in [-0.05, 0) is 18.2 Å². The number of ether oxygens (including phenoxy) is 6. The smallest absolute Gasteiger partial charge is 0.302 e. The number of phenolic OH excluding ortho intramolecular Hbond substituents is 3. The van der Waals surface area contributed by atoms with Gasteiger partial charge in [-0.2, -0.15) is 0 Å². The molecule has 1 aromatic heterocycles. The second kappa shape index (κ2) is 14.1. The van der Waals surface area contributed by atoms with Crippen molar-refractivity contribution >= 4 is 16.9 Å². The summed E-state index contributed by atoms with van der Waals surface area (Å²) in [6.45, 7) is -0.0826. The van der Waals surface area contributed by atoms with Crippen molar-refractivity contribution in [3.8, 4) is 40.1 Å². The Morgan fingerprint density at radius 1 is 0.792 bits per heavy atom. The fraction of sp³-hybridized carbons (Fsp3) is 0.467. The van der Waals surface area contributed by atoms with E-state index in [0.29, 0.717) is 0 Å². The summed E-state index contributed by atoms with van der Waals surface area (Å²) in [4.78, 5) is 24.9. The SMILES string of the molecule is COc1cc(-c2oc3cc(O)cc(O)c3c(=O)c2O[C@@H]2OC(CO[C@@H]3OC(COC(C)=O)[C@@H](O)C(O)[C@H]3O)[C@H](O)C(O)C2O)ccc1O. The van der Waals surface area contributed by atoms with E-state index >= 15 is 0 Å². The molecule has 0 saturated carbocycles. The molecule has 2 aliphatic heterocycles. The number of aromatic hydroxyl groups is 3. The number of methoxy groups -OCH3 is 1. The number of rotatable bonds is 9. The Bertz CT molecular complexity index is 1690. The molecule has 5 unspecified atom stereocenters. The molecule has 3 heterocycles. The van der Waals surface area contributed by atoms with Crippen LogP contribution < -0.4 is 14.9 Å². The molecule has 0 radical (unpaired) electrons. The number of aliphatic hydroxyl groups excluding tert-OH is 6. The van der Waals surface area contributed by atoms with Crippen LogP contribution in [-0.2, 0) is 23.7 Å². The third-order valence-corrected chi connectivity index (χ3v) is 7.81. The van der Waals surface area contributed by atoms with Crippen molar-refractivity contribution < 1.29 is 83.6 Å². The summed E-state index contributed by atoms with van der Waals surface area (Å²) in [5.41, 5.74) is -1.20. The van der Waals surface area contributed by atoms with Gasteiger partial charge in [-0.15, -0.1) is 0 Å². The van der Waals surface area contributed by atoms with Crippen LogP contribution in [0.4, 0.5) is 0 Å². The number of aliphatic hydroxyl groups is 6. The van der Waals surface area contributed by atoms with Crippen LogP contribution >= 0.6 is 0 Å². The van der Waals surface area contributed by atoms with Gasteiger partial charge < -0.3 is 78.8 Å². The van der Waals surface area contributed by atoms with Crippen LogP contribution in [0.3, 0.4) is 0 Å². The minimum absolute atomic E-state index is 0.0375. The molecule has 0 spiro atoms. The van der Waals surface area contributed by atoms with Gasteiger partial charge in [0.2, 0.25) is 17.5 Å². The summed E-state index contributed by atoms with van der Waals surface area (Å²) in [6, 6.07) is 5.74. The Morgan fingerprint density at radius 2 is 1.42 bits per heavy atom. The molecule has 18 heteroatoms. The number of fused-ring (bicyclic) bond motifs is 1. The van der Waals surface area contributed by atoms with Crippen LogP contribution in [0.25, 0.3) is 22.3 Å². The summed E-state index contributed by atoms with van der Waals surface area (Å²) in [5, 5.41) is 93.1. The Balaban J connectivity index is 1.44. The minimum atomic E-state index is -2.00. The average Bonchev–Trinajstić information content (AvgIpc) is 3.04. The van der Waals surface area contributed by atoms with E-state index in [1.165, 1.54) is 25.3 Å². The lowest BCUT2D eigenvalue weighted by Crippen LogP contribution is -2.62. The molecule has 2 fully saturated rings. The van der Waals surface area contributed by atoms with Crippen LogP contribution in [-0.4, -0.2) is 134 Å². The van der Waals surface area contributed by atoms with Gasteiger partial charge in [0.15, 0.2) is 23.5 Å². The van der Waals surface area contributed by atoms with E-state index < -0.39 is 109 Å².